The summed E-state index contributed by atoms with van der Waals surface area (Å²) in [6, 6.07) is 15.3. The third-order valence-corrected chi connectivity index (χ3v) is 3.58. The molecule has 124 valence electrons. The van der Waals surface area contributed by atoms with Crippen LogP contribution in [0.15, 0.2) is 59.3 Å². The van der Waals surface area contributed by atoms with Crippen molar-refractivity contribution in [3.05, 3.63) is 66.3 Å². The second-order valence-corrected chi connectivity index (χ2v) is 5.40. The molecular weight excluding hydrogens is 320 g/mol. The van der Waals surface area contributed by atoms with Crippen molar-refractivity contribution in [1.29, 1.82) is 0 Å². The average molecular weight is 334 g/mol. The molecule has 0 N–H and O–H groups in total. The molecule has 4 aromatic rings. The Morgan fingerprint density at radius 3 is 2.52 bits per heavy atom. The number of aromatic nitrogens is 6. The topological polar surface area (TPSA) is 91.8 Å². The van der Waals surface area contributed by atoms with Crippen molar-refractivity contribution in [3.8, 4) is 22.9 Å². The summed E-state index contributed by atoms with van der Waals surface area (Å²) in [7, 11) is 0. The van der Waals surface area contributed by atoms with Gasteiger partial charge in [0.05, 0.1) is 5.69 Å². The fraction of sp³-hybridized carbons (Fsp3) is 0.118. The molecule has 0 atom stereocenters. The van der Waals surface area contributed by atoms with E-state index in [1.54, 1.807) is 4.68 Å². The van der Waals surface area contributed by atoms with Crippen molar-refractivity contribution in [1.82, 2.24) is 30.4 Å². The summed E-state index contributed by atoms with van der Waals surface area (Å²) in [5.41, 5.74) is 2.91. The number of hydrogen-bond donors (Lipinski definition) is 0. The lowest BCUT2D eigenvalue weighted by atomic mass is 10.1. The highest BCUT2D eigenvalue weighted by Crippen LogP contribution is 2.20. The minimum absolute atomic E-state index is 0.198. The van der Waals surface area contributed by atoms with Crippen LogP contribution < -0.4 is 4.74 Å². The maximum atomic E-state index is 5.68. The van der Waals surface area contributed by atoms with Gasteiger partial charge in [0.2, 0.25) is 5.89 Å². The molecular formula is C17H14N6O2. The van der Waals surface area contributed by atoms with Gasteiger partial charge in [-0.15, -0.1) is 15.3 Å². The summed E-state index contributed by atoms with van der Waals surface area (Å²) >= 11 is 0. The van der Waals surface area contributed by atoms with Crippen LogP contribution in [0.25, 0.3) is 17.1 Å². The van der Waals surface area contributed by atoms with Gasteiger partial charge in [0.25, 0.3) is 5.89 Å². The molecule has 0 radical (unpaired) electrons. The monoisotopic (exact) mass is 334 g/mol. The third-order valence-electron chi connectivity index (χ3n) is 3.58. The molecule has 25 heavy (non-hydrogen) atoms. The van der Waals surface area contributed by atoms with Crippen LogP contribution in [0.5, 0.6) is 5.75 Å². The summed E-state index contributed by atoms with van der Waals surface area (Å²) in [6.07, 6.45) is 1.53. The van der Waals surface area contributed by atoms with E-state index in [9.17, 15) is 0 Å². The quantitative estimate of drug-likeness (QED) is 0.554. The first-order chi connectivity index (χ1) is 12.3. The Hall–Kier alpha value is -3.55. The normalized spacial score (nSPS) is 10.8. The smallest absolute Gasteiger partial charge is 0.254 e. The van der Waals surface area contributed by atoms with E-state index < -0.39 is 0 Å². The fourth-order valence-electron chi connectivity index (χ4n) is 2.24. The molecule has 0 amide bonds. The zero-order valence-electron chi connectivity index (χ0n) is 13.4. The van der Waals surface area contributed by atoms with Crippen molar-refractivity contribution in [2.75, 3.05) is 0 Å². The number of ether oxygens (including phenoxy) is 1. The van der Waals surface area contributed by atoms with Crippen LogP contribution in [0, 0.1) is 6.92 Å². The molecule has 0 aliphatic rings. The van der Waals surface area contributed by atoms with Gasteiger partial charge in [-0.2, -0.15) is 0 Å². The number of nitrogens with zero attached hydrogens (tertiary/aromatic N) is 6. The molecule has 0 bridgehead atoms. The summed E-state index contributed by atoms with van der Waals surface area (Å²) in [4.78, 5) is 0. The molecule has 8 nitrogen and oxygen atoms in total. The highest BCUT2D eigenvalue weighted by Gasteiger charge is 2.09. The molecule has 2 aromatic heterocycles. The average Bonchev–Trinajstić information content (AvgIpc) is 3.33. The predicted molar refractivity (Wildman–Crippen MR) is 88.0 cm³/mol. The van der Waals surface area contributed by atoms with E-state index in [1.165, 1.54) is 11.9 Å². The van der Waals surface area contributed by atoms with Crippen molar-refractivity contribution < 1.29 is 9.15 Å². The van der Waals surface area contributed by atoms with Gasteiger partial charge in [-0.05, 0) is 53.7 Å². The first-order valence-electron chi connectivity index (χ1n) is 7.63. The molecule has 0 aliphatic carbocycles. The first kappa shape index (κ1) is 15.0. The van der Waals surface area contributed by atoms with Gasteiger partial charge in [0.15, 0.2) is 6.61 Å². The van der Waals surface area contributed by atoms with E-state index in [-0.39, 0.29) is 6.61 Å². The van der Waals surface area contributed by atoms with Gasteiger partial charge in [0, 0.05) is 5.56 Å². The van der Waals surface area contributed by atoms with Gasteiger partial charge in [-0.25, -0.2) is 4.68 Å². The van der Waals surface area contributed by atoms with Crippen LogP contribution in [0.3, 0.4) is 0 Å². The molecule has 0 unspecified atom stereocenters. The summed E-state index contributed by atoms with van der Waals surface area (Å²) in [6.45, 7) is 2.23. The Morgan fingerprint density at radius 1 is 1.00 bits per heavy atom. The Bertz CT molecular complexity index is 946. The lowest BCUT2D eigenvalue weighted by Gasteiger charge is -2.04. The zero-order valence-corrected chi connectivity index (χ0v) is 13.4. The van der Waals surface area contributed by atoms with E-state index in [0.717, 1.165) is 11.3 Å². The molecule has 2 heterocycles. The Balaban J connectivity index is 1.41. The maximum Gasteiger partial charge on any atom is 0.254 e. The summed E-state index contributed by atoms with van der Waals surface area (Å²) in [5.74, 6) is 1.58. The molecule has 0 saturated heterocycles. The standard InChI is InChI=1S/C17H14N6O2/c1-12-2-4-13(5-3-12)17-20-19-16(25-17)10-24-15-8-6-14(7-9-15)23-11-18-21-22-23/h2-9,11H,10H2,1H3. The molecule has 0 spiro atoms. The number of aryl methyl sites for hydroxylation is 1. The highest BCUT2D eigenvalue weighted by atomic mass is 16.5. The predicted octanol–water partition coefficient (Wildman–Crippen LogP) is 2.60. The largest absolute Gasteiger partial charge is 0.484 e. The minimum atomic E-state index is 0.198. The molecule has 4 rings (SSSR count). The van der Waals surface area contributed by atoms with Crippen LogP contribution in [-0.2, 0) is 6.61 Å². The van der Waals surface area contributed by atoms with Crippen LogP contribution in [-0.4, -0.2) is 30.4 Å². The molecule has 8 heteroatoms. The van der Waals surface area contributed by atoms with Crippen molar-refractivity contribution in [3.63, 3.8) is 0 Å². The highest BCUT2D eigenvalue weighted by molar-refractivity contribution is 5.52. The van der Waals surface area contributed by atoms with Gasteiger partial charge in [0.1, 0.15) is 12.1 Å². The molecule has 0 fully saturated rings. The fourth-order valence-corrected chi connectivity index (χ4v) is 2.24. The second kappa shape index (κ2) is 6.52. The maximum absolute atomic E-state index is 5.68. The van der Waals surface area contributed by atoms with Crippen molar-refractivity contribution >= 4 is 0 Å². The number of benzene rings is 2. The van der Waals surface area contributed by atoms with E-state index in [4.69, 9.17) is 9.15 Å². The van der Waals surface area contributed by atoms with Crippen LogP contribution in [0.2, 0.25) is 0 Å². The SMILES string of the molecule is Cc1ccc(-c2nnc(COc3ccc(-n4cnnn4)cc3)o2)cc1. The minimum Gasteiger partial charge on any atom is -0.484 e. The molecule has 2 aromatic carbocycles. The number of tetrazole rings is 1. The lowest BCUT2D eigenvalue weighted by Crippen LogP contribution is -1.97. The Morgan fingerprint density at radius 2 is 1.80 bits per heavy atom. The third kappa shape index (κ3) is 3.37. The second-order valence-electron chi connectivity index (χ2n) is 5.40. The Labute approximate surface area is 143 Å². The molecule has 0 aliphatic heterocycles. The van der Waals surface area contributed by atoms with Crippen LogP contribution in [0.1, 0.15) is 11.5 Å². The Kier molecular flexibility index (Phi) is 3.91. The number of rotatable bonds is 5. The van der Waals surface area contributed by atoms with Gasteiger partial charge in [-0.1, -0.05) is 17.7 Å². The van der Waals surface area contributed by atoms with Gasteiger partial charge >= 0.3 is 0 Å². The first-order valence-corrected chi connectivity index (χ1v) is 7.63. The lowest BCUT2D eigenvalue weighted by molar-refractivity contribution is 0.264. The van der Waals surface area contributed by atoms with Crippen LogP contribution >= 0.6 is 0 Å². The van der Waals surface area contributed by atoms with E-state index >= 15 is 0 Å². The summed E-state index contributed by atoms with van der Waals surface area (Å²) in [5, 5.41) is 19.1. The number of hydrogen-bond acceptors (Lipinski definition) is 7. The van der Waals surface area contributed by atoms with Crippen molar-refractivity contribution in [2.45, 2.75) is 13.5 Å². The van der Waals surface area contributed by atoms with E-state index in [2.05, 4.69) is 25.7 Å². The van der Waals surface area contributed by atoms with Gasteiger partial charge in [-0.3, -0.25) is 0 Å². The summed E-state index contributed by atoms with van der Waals surface area (Å²) < 4.78 is 12.9. The van der Waals surface area contributed by atoms with Crippen molar-refractivity contribution in [2.24, 2.45) is 0 Å². The van der Waals surface area contributed by atoms with Crippen LogP contribution in [0.4, 0.5) is 0 Å². The van der Waals surface area contributed by atoms with E-state index in [1.807, 2.05) is 55.5 Å². The molecule has 0 saturated carbocycles. The zero-order chi connectivity index (χ0) is 17.1. The van der Waals surface area contributed by atoms with E-state index in [0.29, 0.717) is 17.5 Å². The van der Waals surface area contributed by atoms with Gasteiger partial charge < -0.3 is 9.15 Å².